The molecule has 2 aromatic rings. The van der Waals surface area contributed by atoms with Crippen LogP contribution in [0.5, 0.6) is 0 Å². The van der Waals surface area contributed by atoms with E-state index in [1.807, 2.05) is 60.7 Å². The highest BCUT2D eigenvalue weighted by Gasteiger charge is 2.26. The normalized spacial score (nSPS) is 12.7. The zero-order valence-corrected chi connectivity index (χ0v) is 15.4. The summed E-state index contributed by atoms with van der Waals surface area (Å²) < 4.78 is 0. The van der Waals surface area contributed by atoms with Crippen molar-refractivity contribution in [2.75, 3.05) is 6.54 Å². The Morgan fingerprint density at radius 3 is 1.75 bits per heavy atom. The fraction of sp³-hybridized carbons (Fsp3) is 0.286. The van der Waals surface area contributed by atoms with Crippen LogP contribution in [0.25, 0.3) is 0 Å². The van der Waals surface area contributed by atoms with Gasteiger partial charge < -0.3 is 15.5 Å². The zero-order chi connectivity index (χ0) is 20.4. The Labute approximate surface area is 163 Å². The SMILES string of the molecule is O=C(O)CCNC(=O)[C@H](Cc1ccccc1)N[C@@H](Cc1ccccc1)C(=O)O. The number of benzene rings is 2. The summed E-state index contributed by atoms with van der Waals surface area (Å²) in [5.41, 5.74) is 1.71. The minimum Gasteiger partial charge on any atom is -0.481 e. The highest BCUT2D eigenvalue weighted by atomic mass is 16.4. The van der Waals surface area contributed by atoms with Crippen LogP contribution in [0.1, 0.15) is 17.5 Å². The second kappa shape index (κ2) is 10.8. The maximum absolute atomic E-state index is 12.6. The molecule has 7 heteroatoms. The molecule has 2 atom stereocenters. The molecule has 0 saturated heterocycles. The van der Waals surface area contributed by atoms with E-state index in [0.717, 1.165) is 11.1 Å². The predicted molar refractivity (Wildman–Crippen MR) is 104 cm³/mol. The highest BCUT2D eigenvalue weighted by Crippen LogP contribution is 2.08. The molecule has 0 unspecified atom stereocenters. The third-order valence-electron chi connectivity index (χ3n) is 4.22. The van der Waals surface area contributed by atoms with Gasteiger partial charge >= 0.3 is 11.9 Å². The lowest BCUT2D eigenvalue weighted by atomic mass is 10.0. The van der Waals surface area contributed by atoms with E-state index in [0.29, 0.717) is 0 Å². The number of hydrogen-bond donors (Lipinski definition) is 4. The third-order valence-corrected chi connectivity index (χ3v) is 4.22. The highest BCUT2D eigenvalue weighted by molar-refractivity contribution is 5.84. The second-order valence-electron chi connectivity index (χ2n) is 6.42. The zero-order valence-electron chi connectivity index (χ0n) is 15.4. The molecule has 2 rings (SSSR count). The van der Waals surface area contributed by atoms with Crippen molar-refractivity contribution in [1.29, 1.82) is 0 Å². The van der Waals surface area contributed by atoms with Crippen molar-refractivity contribution < 1.29 is 24.6 Å². The molecular weight excluding hydrogens is 360 g/mol. The Morgan fingerprint density at radius 2 is 1.29 bits per heavy atom. The topological polar surface area (TPSA) is 116 Å². The van der Waals surface area contributed by atoms with Gasteiger partial charge in [-0.15, -0.1) is 0 Å². The largest absolute Gasteiger partial charge is 0.481 e. The van der Waals surface area contributed by atoms with Crippen LogP contribution in [0.15, 0.2) is 60.7 Å². The van der Waals surface area contributed by atoms with E-state index >= 15 is 0 Å². The van der Waals surface area contributed by atoms with E-state index in [-0.39, 0.29) is 25.8 Å². The van der Waals surface area contributed by atoms with E-state index in [4.69, 9.17) is 5.11 Å². The summed E-state index contributed by atoms with van der Waals surface area (Å²) in [7, 11) is 0. The summed E-state index contributed by atoms with van der Waals surface area (Å²) in [5, 5.41) is 23.8. The number of aliphatic carboxylic acids is 2. The van der Waals surface area contributed by atoms with Gasteiger partial charge in [0.25, 0.3) is 0 Å². The van der Waals surface area contributed by atoms with E-state index in [2.05, 4.69) is 10.6 Å². The van der Waals surface area contributed by atoms with Gasteiger partial charge in [-0.3, -0.25) is 19.7 Å². The molecule has 0 bridgehead atoms. The first-order valence-electron chi connectivity index (χ1n) is 9.02. The summed E-state index contributed by atoms with van der Waals surface area (Å²) >= 11 is 0. The van der Waals surface area contributed by atoms with Crippen LogP contribution in [-0.2, 0) is 27.2 Å². The van der Waals surface area contributed by atoms with Crippen LogP contribution < -0.4 is 10.6 Å². The number of rotatable bonds is 11. The molecule has 1 amide bonds. The summed E-state index contributed by atoms with van der Waals surface area (Å²) in [6.45, 7) is -0.0163. The molecule has 7 nitrogen and oxygen atoms in total. The Balaban J connectivity index is 2.11. The lowest BCUT2D eigenvalue weighted by molar-refractivity contribution is -0.140. The fourth-order valence-corrected chi connectivity index (χ4v) is 2.80. The molecule has 0 saturated carbocycles. The van der Waals surface area contributed by atoms with Crippen molar-refractivity contribution in [2.45, 2.75) is 31.3 Å². The predicted octanol–water partition coefficient (Wildman–Crippen LogP) is 1.47. The Bertz CT molecular complexity index is 780. The number of amides is 1. The van der Waals surface area contributed by atoms with E-state index in [9.17, 15) is 19.5 Å². The smallest absolute Gasteiger partial charge is 0.321 e. The first kappa shape index (κ1) is 21.1. The monoisotopic (exact) mass is 384 g/mol. The van der Waals surface area contributed by atoms with Crippen LogP contribution in [0, 0.1) is 0 Å². The molecule has 0 aliphatic carbocycles. The molecule has 0 aliphatic rings. The molecule has 28 heavy (non-hydrogen) atoms. The Morgan fingerprint density at radius 1 is 0.786 bits per heavy atom. The van der Waals surface area contributed by atoms with E-state index < -0.39 is 29.9 Å². The Hall–Kier alpha value is -3.19. The molecule has 0 fully saturated rings. The molecule has 148 valence electrons. The lowest BCUT2D eigenvalue weighted by Gasteiger charge is -2.23. The number of carboxylic acid groups (broad SMARTS) is 2. The number of carboxylic acids is 2. The lowest BCUT2D eigenvalue weighted by Crippen LogP contribution is -2.53. The average molecular weight is 384 g/mol. The van der Waals surface area contributed by atoms with E-state index in [1.165, 1.54) is 0 Å². The summed E-state index contributed by atoms with van der Waals surface area (Å²) in [4.78, 5) is 35.0. The van der Waals surface area contributed by atoms with Gasteiger partial charge in [0.1, 0.15) is 6.04 Å². The maximum Gasteiger partial charge on any atom is 0.321 e. The van der Waals surface area contributed by atoms with Crippen LogP contribution >= 0.6 is 0 Å². The number of hydrogen-bond acceptors (Lipinski definition) is 4. The first-order chi connectivity index (χ1) is 13.5. The van der Waals surface area contributed by atoms with Crippen molar-refractivity contribution in [1.82, 2.24) is 10.6 Å². The van der Waals surface area contributed by atoms with Gasteiger partial charge in [0.15, 0.2) is 0 Å². The minimum absolute atomic E-state index is 0.0163. The molecule has 0 aliphatic heterocycles. The molecule has 0 spiro atoms. The second-order valence-corrected chi connectivity index (χ2v) is 6.42. The van der Waals surface area contributed by atoms with Gasteiger partial charge in [-0.2, -0.15) is 0 Å². The quantitative estimate of drug-likeness (QED) is 0.466. The Kier molecular flexibility index (Phi) is 8.17. The van der Waals surface area contributed by atoms with Gasteiger partial charge in [0, 0.05) is 6.54 Å². The van der Waals surface area contributed by atoms with Crippen molar-refractivity contribution in [3.05, 3.63) is 71.8 Å². The fourth-order valence-electron chi connectivity index (χ4n) is 2.80. The van der Waals surface area contributed by atoms with Gasteiger partial charge in [-0.1, -0.05) is 60.7 Å². The van der Waals surface area contributed by atoms with Crippen LogP contribution in [0.4, 0.5) is 0 Å². The van der Waals surface area contributed by atoms with Crippen molar-refractivity contribution in [3.8, 4) is 0 Å². The van der Waals surface area contributed by atoms with Gasteiger partial charge in [0.2, 0.25) is 5.91 Å². The maximum atomic E-state index is 12.6. The summed E-state index contributed by atoms with van der Waals surface area (Å²) in [6.07, 6.45) is 0.318. The van der Waals surface area contributed by atoms with Gasteiger partial charge in [-0.05, 0) is 24.0 Å². The minimum atomic E-state index is -1.06. The molecule has 0 aromatic heterocycles. The first-order valence-corrected chi connectivity index (χ1v) is 9.02. The van der Waals surface area contributed by atoms with Crippen LogP contribution in [0.3, 0.4) is 0 Å². The standard InChI is InChI=1S/C21H24N2O5/c24-19(25)11-12-22-20(26)17(13-15-7-3-1-4-8-15)23-18(21(27)28)14-16-9-5-2-6-10-16/h1-10,17-18,23H,11-14H2,(H,22,26)(H,24,25)(H,27,28)/t17-,18-/m0/s1. The molecular formula is C21H24N2O5. The molecule has 2 aromatic carbocycles. The molecule has 0 radical (unpaired) electrons. The summed E-state index contributed by atoms with van der Waals surface area (Å²) in [6, 6.07) is 16.6. The summed E-state index contributed by atoms with van der Waals surface area (Å²) in [5.74, 6) is -2.50. The van der Waals surface area contributed by atoms with Crippen molar-refractivity contribution >= 4 is 17.8 Å². The third kappa shape index (κ3) is 7.20. The van der Waals surface area contributed by atoms with Crippen molar-refractivity contribution in [2.24, 2.45) is 0 Å². The van der Waals surface area contributed by atoms with Gasteiger partial charge in [0.05, 0.1) is 12.5 Å². The van der Waals surface area contributed by atoms with Gasteiger partial charge in [-0.25, -0.2) is 0 Å². The number of carbonyl (C=O) groups excluding carboxylic acids is 1. The van der Waals surface area contributed by atoms with E-state index in [1.54, 1.807) is 0 Å². The molecule has 4 N–H and O–H groups in total. The number of nitrogens with one attached hydrogen (secondary N) is 2. The van der Waals surface area contributed by atoms with Crippen LogP contribution in [-0.4, -0.2) is 46.7 Å². The molecule has 0 heterocycles. The van der Waals surface area contributed by atoms with Crippen molar-refractivity contribution in [3.63, 3.8) is 0 Å². The van der Waals surface area contributed by atoms with Crippen LogP contribution in [0.2, 0.25) is 0 Å². The average Bonchev–Trinajstić information content (AvgIpc) is 2.68. The number of carbonyl (C=O) groups is 3.